The second kappa shape index (κ2) is 7.01. The third-order valence-electron chi connectivity index (χ3n) is 4.53. The van der Waals surface area contributed by atoms with Gasteiger partial charge in [0.25, 0.3) is 0 Å². The lowest BCUT2D eigenvalue weighted by Crippen LogP contribution is -2.44. The van der Waals surface area contributed by atoms with E-state index in [-0.39, 0.29) is 6.10 Å². The Bertz CT molecular complexity index is 1010. The molecule has 0 radical (unpaired) electrons. The lowest BCUT2D eigenvalue weighted by atomic mass is 10.1. The van der Waals surface area contributed by atoms with Crippen molar-refractivity contribution in [3.8, 4) is 5.88 Å². The van der Waals surface area contributed by atoms with Crippen LogP contribution in [0.25, 0.3) is 10.8 Å². The van der Waals surface area contributed by atoms with E-state index in [1.165, 1.54) is 4.31 Å². The van der Waals surface area contributed by atoms with Gasteiger partial charge in [-0.05, 0) is 41.8 Å². The average molecular weight is 369 g/mol. The van der Waals surface area contributed by atoms with Crippen molar-refractivity contribution in [3.63, 3.8) is 0 Å². The predicted octanol–water partition coefficient (Wildman–Crippen LogP) is 2.86. The van der Waals surface area contributed by atoms with E-state index in [0.29, 0.717) is 23.9 Å². The van der Waals surface area contributed by atoms with Gasteiger partial charge < -0.3 is 4.74 Å². The van der Waals surface area contributed by atoms with Gasteiger partial charge in [0.15, 0.2) is 0 Å². The maximum atomic E-state index is 13.1. The fourth-order valence-electron chi connectivity index (χ4n) is 3.22. The van der Waals surface area contributed by atoms with Crippen LogP contribution in [0.15, 0.2) is 65.7 Å². The van der Waals surface area contributed by atoms with E-state index >= 15 is 0 Å². The molecule has 26 heavy (non-hydrogen) atoms. The molecule has 1 aromatic heterocycles. The lowest BCUT2D eigenvalue weighted by molar-refractivity contribution is 0.123. The number of rotatable bonds is 4. The smallest absolute Gasteiger partial charge is 0.243 e. The molecule has 0 aliphatic carbocycles. The first-order valence-electron chi connectivity index (χ1n) is 8.56. The molecule has 4 rings (SSSR count). The van der Waals surface area contributed by atoms with Crippen LogP contribution in [0.2, 0.25) is 0 Å². The first kappa shape index (κ1) is 16.9. The van der Waals surface area contributed by atoms with Crippen molar-refractivity contribution >= 4 is 20.8 Å². The standard InChI is InChI=1S/C19H19N3O3S/c23-26(24,18-10-9-15-5-1-2-6-16(15)13-18)22-12-4-7-17(14-22)25-19-8-3-11-20-21-19/h1-3,5-6,8-11,13,17H,4,7,12,14H2. The minimum absolute atomic E-state index is 0.226. The monoisotopic (exact) mass is 369 g/mol. The summed E-state index contributed by atoms with van der Waals surface area (Å²) < 4.78 is 33.5. The Kier molecular flexibility index (Phi) is 4.57. The second-order valence-corrected chi connectivity index (χ2v) is 8.25. The molecule has 134 valence electrons. The van der Waals surface area contributed by atoms with Gasteiger partial charge >= 0.3 is 0 Å². The molecule has 7 heteroatoms. The Hall–Kier alpha value is -2.51. The molecule has 0 N–H and O–H groups in total. The average Bonchev–Trinajstić information content (AvgIpc) is 2.68. The van der Waals surface area contributed by atoms with E-state index in [1.54, 1.807) is 30.5 Å². The number of ether oxygens (including phenoxy) is 1. The summed E-state index contributed by atoms with van der Waals surface area (Å²) in [6.07, 6.45) is 2.89. The summed E-state index contributed by atoms with van der Waals surface area (Å²) in [7, 11) is -3.56. The highest BCUT2D eigenvalue weighted by atomic mass is 32.2. The summed E-state index contributed by atoms with van der Waals surface area (Å²) in [5, 5.41) is 9.64. The highest BCUT2D eigenvalue weighted by Gasteiger charge is 2.31. The van der Waals surface area contributed by atoms with Crippen molar-refractivity contribution in [1.82, 2.24) is 14.5 Å². The molecule has 0 bridgehead atoms. The van der Waals surface area contributed by atoms with Crippen LogP contribution in [0.3, 0.4) is 0 Å². The fourth-order valence-corrected chi connectivity index (χ4v) is 4.76. The van der Waals surface area contributed by atoms with Gasteiger partial charge in [0.1, 0.15) is 6.10 Å². The van der Waals surface area contributed by atoms with Crippen LogP contribution in [0, 0.1) is 0 Å². The number of hydrogen-bond acceptors (Lipinski definition) is 5. The van der Waals surface area contributed by atoms with Gasteiger partial charge in [0.2, 0.25) is 15.9 Å². The molecular weight excluding hydrogens is 350 g/mol. The van der Waals surface area contributed by atoms with Crippen molar-refractivity contribution < 1.29 is 13.2 Å². The number of hydrogen-bond donors (Lipinski definition) is 0. The van der Waals surface area contributed by atoms with Gasteiger partial charge in [-0.25, -0.2) is 8.42 Å². The van der Waals surface area contributed by atoms with Gasteiger partial charge in [-0.3, -0.25) is 0 Å². The number of aromatic nitrogens is 2. The molecular formula is C19H19N3O3S. The van der Waals surface area contributed by atoms with Crippen molar-refractivity contribution in [2.24, 2.45) is 0 Å². The maximum Gasteiger partial charge on any atom is 0.243 e. The molecule has 3 aromatic rings. The fraction of sp³-hybridized carbons (Fsp3) is 0.263. The van der Waals surface area contributed by atoms with E-state index in [0.717, 1.165) is 23.6 Å². The van der Waals surface area contributed by atoms with Gasteiger partial charge in [-0.1, -0.05) is 30.3 Å². The zero-order chi connectivity index (χ0) is 18.0. The molecule has 1 saturated heterocycles. The Balaban J connectivity index is 1.56. The minimum Gasteiger partial charge on any atom is -0.472 e. The Morgan fingerprint density at radius 2 is 1.88 bits per heavy atom. The highest BCUT2D eigenvalue weighted by molar-refractivity contribution is 7.89. The normalized spacial score (nSPS) is 18.7. The first-order valence-corrected chi connectivity index (χ1v) is 10.0. The number of sulfonamides is 1. The van der Waals surface area contributed by atoms with E-state index < -0.39 is 10.0 Å². The van der Waals surface area contributed by atoms with Gasteiger partial charge in [0.05, 0.1) is 11.4 Å². The van der Waals surface area contributed by atoms with E-state index in [4.69, 9.17) is 4.74 Å². The summed E-state index contributed by atoms with van der Waals surface area (Å²) in [6, 6.07) is 16.5. The summed E-state index contributed by atoms with van der Waals surface area (Å²) in [5.41, 5.74) is 0. The van der Waals surface area contributed by atoms with Gasteiger partial charge in [-0.2, -0.15) is 9.40 Å². The van der Waals surface area contributed by atoms with E-state index in [9.17, 15) is 8.42 Å². The maximum absolute atomic E-state index is 13.1. The zero-order valence-corrected chi connectivity index (χ0v) is 15.0. The number of nitrogens with zero attached hydrogens (tertiary/aromatic N) is 3. The molecule has 1 atom stereocenters. The lowest BCUT2D eigenvalue weighted by Gasteiger charge is -2.31. The van der Waals surface area contributed by atoms with Crippen LogP contribution in [0.1, 0.15) is 12.8 Å². The zero-order valence-electron chi connectivity index (χ0n) is 14.2. The molecule has 1 unspecified atom stereocenters. The van der Waals surface area contributed by atoms with Crippen molar-refractivity contribution in [3.05, 3.63) is 60.8 Å². The highest BCUT2D eigenvalue weighted by Crippen LogP contribution is 2.25. The Labute approximate surface area is 152 Å². The molecule has 2 aromatic carbocycles. The van der Waals surface area contributed by atoms with Crippen LogP contribution >= 0.6 is 0 Å². The Morgan fingerprint density at radius 1 is 1.04 bits per heavy atom. The summed E-state index contributed by atoms with van der Waals surface area (Å²) in [6.45, 7) is 0.807. The third-order valence-corrected chi connectivity index (χ3v) is 6.40. The van der Waals surface area contributed by atoms with Crippen LogP contribution < -0.4 is 4.74 Å². The van der Waals surface area contributed by atoms with Crippen LogP contribution in [-0.4, -0.2) is 42.1 Å². The SMILES string of the molecule is O=S(=O)(c1ccc2ccccc2c1)N1CCCC(Oc2cccnn2)C1. The third kappa shape index (κ3) is 3.40. The predicted molar refractivity (Wildman–Crippen MR) is 98.4 cm³/mol. The van der Waals surface area contributed by atoms with Crippen LogP contribution in [0.4, 0.5) is 0 Å². The second-order valence-electron chi connectivity index (χ2n) is 6.32. The van der Waals surface area contributed by atoms with Crippen molar-refractivity contribution in [2.75, 3.05) is 13.1 Å². The first-order chi connectivity index (χ1) is 12.6. The topological polar surface area (TPSA) is 72.4 Å². The molecule has 2 heterocycles. The summed E-state index contributed by atoms with van der Waals surface area (Å²) in [5.74, 6) is 0.419. The molecule has 0 spiro atoms. The summed E-state index contributed by atoms with van der Waals surface area (Å²) >= 11 is 0. The number of benzene rings is 2. The number of fused-ring (bicyclic) bond motifs is 1. The van der Waals surface area contributed by atoms with Crippen LogP contribution in [0.5, 0.6) is 5.88 Å². The largest absolute Gasteiger partial charge is 0.472 e. The van der Waals surface area contributed by atoms with E-state index in [1.807, 2.05) is 30.3 Å². The Morgan fingerprint density at radius 3 is 2.69 bits per heavy atom. The molecule has 1 aliphatic heterocycles. The minimum atomic E-state index is -3.56. The quantitative estimate of drug-likeness (QED) is 0.707. The van der Waals surface area contributed by atoms with Crippen molar-refractivity contribution in [1.29, 1.82) is 0 Å². The molecule has 1 fully saturated rings. The van der Waals surface area contributed by atoms with Gasteiger partial charge in [-0.15, -0.1) is 5.10 Å². The van der Waals surface area contributed by atoms with E-state index in [2.05, 4.69) is 10.2 Å². The molecule has 1 aliphatic rings. The summed E-state index contributed by atoms with van der Waals surface area (Å²) in [4.78, 5) is 0.316. The molecule has 0 saturated carbocycles. The van der Waals surface area contributed by atoms with Crippen molar-refractivity contribution in [2.45, 2.75) is 23.8 Å². The number of piperidine rings is 1. The van der Waals surface area contributed by atoms with Crippen LogP contribution in [-0.2, 0) is 10.0 Å². The molecule has 6 nitrogen and oxygen atoms in total. The molecule has 0 amide bonds. The van der Waals surface area contributed by atoms with Gasteiger partial charge in [0, 0.05) is 18.8 Å².